The highest BCUT2D eigenvalue weighted by Crippen LogP contribution is 2.50. The molecular weight excluding hydrogens is 346 g/mol. The number of hydrogen-bond acceptors (Lipinski definition) is 5. The van der Waals surface area contributed by atoms with Crippen LogP contribution in [0.25, 0.3) is 0 Å². The van der Waals surface area contributed by atoms with E-state index in [4.69, 9.17) is 9.47 Å². The quantitative estimate of drug-likeness (QED) is 0.752. The molecule has 0 N–H and O–H groups in total. The van der Waals surface area contributed by atoms with Crippen LogP contribution in [0.5, 0.6) is 0 Å². The SMILES string of the molecule is CCOC(=O)N1CCC2(CC(N3CCC(N4C(=O)OC[C@@H]4CC)CC3)C2)C1. The van der Waals surface area contributed by atoms with Crippen LogP contribution in [0.1, 0.15) is 52.4 Å². The van der Waals surface area contributed by atoms with Crippen molar-refractivity contribution >= 4 is 12.2 Å². The highest BCUT2D eigenvalue weighted by molar-refractivity contribution is 5.70. The first-order chi connectivity index (χ1) is 13.0. The Balaban J connectivity index is 1.24. The molecule has 1 aliphatic carbocycles. The molecule has 3 heterocycles. The van der Waals surface area contributed by atoms with Crippen molar-refractivity contribution in [2.75, 3.05) is 39.4 Å². The summed E-state index contributed by atoms with van der Waals surface area (Å²) in [6, 6.07) is 1.23. The molecule has 152 valence electrons. The van der Waals surface area contributed by atoms with Gasteiger partial charge in [-0.15, -0.1) is 0 Å². The molecule has 0 aromatic carbocycles. The van der Waals surface area contributed by atoms with Crippen LogP contribution >= 0.6 is 0 Å². The predicted octanol–water partition coefficient (Wildman–Crippen LogP) is 2.69. The monoisotopic (exact) mass is 379 g/mol. The molecule has 1 spiro atoms. The second kappa shape index (κ2) is 7.49. The molecule has 0 aromatic heterocycles. The summed E-state index contributed by atoms with van der Waals surface area (Å²) in [5.41, 5.74) is 0.320. The number of nitrogens with zero attached hydrogens (tertiary/aromatic N) is 3. The van der Waals surface area contributed by atoms with Crippen molar-refractivity contribution in [2.45, 2.75) is 70.5 Å². The molecule has 0 radical (unpaired) electrons. The van der Waals surface area contributed by atoms with Crippen molar-refractivity contribution in [3.63, 3.8) is 0 Å². The fourth-order valence-electron chi connectivity index (χ4n) is 5.60. The lowest BCUT2D eigenvalue weighted by Crippen LogP contribution is -2.56. The lowest BCUT2D eigenvalue weighted by molar-refractivity contribution is -0.0139. The molecule has 0 bridgehead atoms. The van der Waals surface area contributed by atoms with Crippen LogP contribution in [0.4, 0.5) is 9.59 Å². The summed E-state index contributed by atoms with van der Waals surface area (Å²) in [7, 11) is 0. The molecule has 1 saturated carbocycles. The summed E-state index contributed by atoms with van der Waals surface area (Å²) in [4.78, 5) is 30.5. The van der Waals surface area contributed by atoms with E-state index in [2.05, 4.69) is 11.8 Å². The lowest BCUT2D eigenvalue weighted by atomic mass is 9.64. The minimum atomic E-state index is -0.151. The second-order valence-electron chi connectivity index (χ2n) is 8.75. The summed E-state index contributed by atoms with van der Waals surface area (Å²) >= 11 is 0. The molecule has 2 amide bonds. The van der Waals surface area contributed by atoms with E-state index in [0.717, 1.165) is 51.9 Å². The van der Waals surface area contributed by atoms with Crippen LogP contribution in [0.15, 0.2) is 0 Å². The largest absolute Gasteiger partial charge is 0.450 e. The minimum Gasteiger partial charge on any atom is -0.450 e. The van der Waals surface area contributed by atoms with E-state index in [-0.39, 0.29) is 18.2 Å². The van der Waals surface area contributed by atoms with Gasteiger partial charge in [0, 0.05) is 38.3 Å². The third kappa shape index (κ3) is 3.50. The maximum atomic E-state index is 12.1. The number of rotatable bonds is 4. The van der Waals surface area contributed by atoms with Gasteiger partial charge in [-0.3, -0.25) is 4.90 Å². The fraction of sp³-hybridized carbons (Fsp3) is 0.900. The van der Waals surface area contributed by atoms with Crippen LogP contribution in [0.3, 0.4) is 0 Å². The summed E-state index contributed by atoms with van der Waals surface area (Å²) in [5, 5.41) is 0. The van der Waals surface area contributed by atoms with Crippen molar-refractivity contribution in [1.29, 1.82) is 0 Å². The highest BCUT2D eigenvalue weighted by Gasteiger charge is 2.52. The zero-order valence-corrected chi connectivity index (χ0v) is 16.7. The number of likely N-dealkylation sites (tertiary alicyclic amines) is 2. The summed E-state index contributed by atoms with van der Waals surface area (Å²) in [5.74, 6) is 0. The van der Waals surface area contributed by atoms with Gasteiger partial charge in [0.1, 0.15) is 6.61 Å². The number of ether oxygens (including phenoxy) is 2. The van der Waals surface area contributed by atoms with Crippen molar-refractivity contribution in [3.8, 4) is 0 Å². The van der Waals surface area contributed by atoms with Gasteiger partial charge < -0.3 is 19.3 Å². The summed E-state index contributed by atoms with van der Waals surface area (Å²) in [6.45, 7) is 8.81. The van der Waals surface area contributed by atoms with E-state index in [1.807, 2.05) is 16.7 Å². The second-order valence-corrected chi connectivity index (χ2v) is 8.75. The van der Waals surface area contributed by atoms with E-state index in [9.17, 15) is 9.59 Å². The molecule has 7 heteroatoms. The Morgan fingerprint density at radius 2 is 1.93 bits per heavy atom. The lowest BCUT2D eigenvalue weighted by Gasteiger charge is -2.52. The van der Waals surface area contributed by atoms with Gasteiger partial charge in [-0.25, -0.2) is 9.59 Å². The molecule has 4 rings (SSSR count). The molecule has 3 saturated heterocycles. The van der Waals surface area contributed by atoms with Gasteiger partial charge in [0.25, 0.3) is 0 Å². The number of carbonyl (C=O) groups is 2. The Morgan fingerprint density at radius 3 is 2.59 bits per heavy atom. The van der Waals surface area contributed by atoms with Crippen molar-refractivity contribution < 1.29 is 19.1 Å². The average Bonchev–Trinajstić information content (AvgIpc) is 3.25. The van der Waals surface area contributed by atoms with Gasteiger partial charge in [-0.1, -0.05) is 6.92 Å². The van der Waals surface area contributed by atoms with E-state index in [0.29, 0.717) is 30.7 Å². The molecular formula is C20H33N3O4. The first-order valence-electron chi connectivity index (χ1n) is 10.7. The number of carbonyl (C=O) groups excluding carboxylic acids is 2. The smallest absolute Gasteiger partial charge is 0.410 e. The first-order valence-corrected chi connectivity index (χ1v) is 10.7. The third-order valence-corrected chi connectivity index (χ3v) is 7.19. The zero-order chi connectivity index (χ0) is 19.0. The topological polar surface area (TPSA) is 62.3 Å². The van der Waals surface area contributed by atoms with Gasteiger partial charge in [0.2, 0.25) is 0 Å². The van der Waals surface area contributed by atoms with Crippen molar-refractivity contribution in [3.05, 3.63) is 0 Å². The van der Waals surface area contributed by atoms with Crippen molar-refractivity contribution in [1.82, 2.24) is 14.7 Å². The normalized spacial score (nSPS) is 34.8. The first kappa shape index (κ1) is 18.8. The number of amides is 2. The molecule has 1 atom stereocenters. The summed E-state index contributed by atoms with van der Waals surface area (Å²) < 4.78 is 10.4. The van der Waals surface area contributed by atoms with Crippen LogP contribution in [0, 0.1) is 5.41 Å². The van der Waals surface area contributed by atoms with E-state index in [1.54, 1.807) is 0 Å². The van der Waals surface area contributed by atoms with Gasteiger partial charge in [0.15, 0.2) is 0 Å². The molecule has 27 heavy (non-hydrogen) atoms. The van der Waals surface area contributed by atoms with Crippen LogP contribution < -0.4 is 0 Å². The molecule has 7 nitrogen and oxygen atoms in total. The molecule has 0 unspecified atom stereocenters. The minimum absolute atomic E-state index is 0.118. The Kier molecular flexibility index (Phi) is 5.23. The molecule has 0 aromatic rings. The summed E-state index contributed by atoms with van der Waals surface area (Å²) in [6.07, 6.45) is 6.28. The van der Waals surface area contributed by atoms with Gasteiger partial charge in [0.05, 0.1) is 12.6 Å². The maximum Gasteiger partial charge on any atom is 0.410 e. The predicted molar refractivity (Wildman–Crippen MR) is 101 cm³/mol. The van der Waals surface area contributed by atoms with Gasteiger partial charge >= 0.3 is 12.2 Å². The van der Waals surface area contributed by atoms with Gasteiger partial charge in [-0.05, 0) is 50.9 Å². The van der Waals surface area contributed by atoms with Crippen LogP contribution in [-0.2, 0) is 9.47 Å². The Hall–Kier alpha value is -1.50. The molecule has 4 fully saturated rings. The van der Waals surface area contributed by atoms with Gasteiger partial charge in [-0.2, -0.15) is 0 Å². The Bertz CT molecular complexity index is 570. The number of piperidine rings is 1. The Labute approximate surface area is 161 Å². The van der Waals surface area contributed by atoms with Crippen LogP contribution in [-0.4, -0.2) is 84.4 Å². The average molecular weight is 380 g/mol. The van der Waals surface area contributed by atoms with Crippen molar-refractivity contribution in [2.24, 2.45) is 5.41 Å². The van der Waals surface area contributed by atoms with E-state index in [1.165, 1.54) is 12.8 Å². The highest BCUT2D eigenvalue weighted by atomic mass is 16.6. The van der Waals surface area contributed by atoms with Crippen LogP contribution in [0.2, 0.25) is 0 Å². The maximum absolute atomic E-state index is 12.1. The molecule has 4 aliphatic rings. The van der Waals surface area contributed by atoms with E-state index >= 15 is 0 Å². The number of cyclic esters (lactones) is 1. The molecule has 3 aliphatic heterocycles. The fourth-order valence-corrected chi connectivity index (χ4v) is 5.60. The standard InChI is InChI=1S/C20H33N3O4/c1-3-15-13-27-19(25)23(15)16-5-8-21(9-6-16)17-11-20(12-17)7-10-22(14-20)18(24)26-4-2/h15-17H,3-14H2,1-2H3/t15-,17?,20?/m0/s1. The number of hydrogen-bond donors (Lipinski definition) is 0. The Morgan fingerprint density at radius 1 is 1.19 bits per heavy atom. The van der Waals surface area contributed by atoms with E-state index < -0.39 is 0 Å². The zero-order valence-electron chi connectivity index (χ0n) is 16.7. The third-order valence-electron chi connectivity index (χ3n) is 7.19.